The summed E-state index contributed by atoms with van der Waals surface area (Å²) in [5.74, 6) is -2.14. The van der Waals surface area contributed by atoms with E-state index in [1.54, 1.807) is 60.7 Å². The molecule has 0 saturated heterocycles. The van der Waals surface area contributed by atoms with Gasteiger partial charge in [-0.2, -0.15) is 0 Å². The molecule has 3 amide bonds. The fourth-order valence-corrected chi connectivity index (χ4v) is 3.67. The van der Waals surface area contributed by atoms with Crippen molar-refractivity contribution in [3.05, 3.63) is 88.5 Å². The molecule has 3 aromatic carbocycles. The standard InChI is InChI=1S/C24H18Cl2N4O4/c1-34-19-12-5-7-14-13-18(22(31)27-15-8-3-2-4-9-15)30(21(14)19)29-24(33)23(32)28-17-11-6-10-16(25)20(17)26/h2-13H,1H3,(H,27,31)(H,28,32)(H,29,33). The maximum absolute atomic E-state index is 13.1. The number of carbonyl (C=O) groups is 3. The number of halogens is 2. The van der Waals surface area contributed by atoms with E-state index in [2.05, 4.69) is 16.1 Å². The van der Waals surface area contributed by atoms with Gasteiger partial charge in [-0.3, -0.25) is 19.8 Å². The van der Waals surface area contributed by atoms with Gasteiger partial charge in [-0.25, -0.2) is 4.68 Å². The molecule has 8 nitrogen and oxygen atoms in total. The van der Waals surface area contributed by atoms with E-state index >= 15 is 0 Å². The normalized spacial score (nSPS) is 10.6. The van der Waals surface area contributed by atoms with Crippen LogP contribution in [0.5, 0.6) is 5.75 Å². The molecule has 10 heteroatoms. The second kappa shape index (κ2) is 9.86. The lowest BCUT2D eigenvalue weighted by atomic mass is 10.2. The van der Waals surface area contributed by atoms with Gasteiger partial charge in [-0.05, 0) is 36.4 Å². The molecule has 0 radical (unpaired) electrons. The van der Waals surface area contributed by atoms with Crippen molar-refractivity contribution in [1.29, 1.82) is 0 Å². The van der Waals surface area contributed by atoms with Gasteiger partial charge in [0.2, 0.25) is 0 Å². The number of hydrogen-bond donors (Lipinski definition) is 3. The third-order valence-electron chi connectivity index (χ3n) is 4.89. The number of nitrogens with zero attached hydrogens (tertiary/aromatic N) is 1. The summed E-state index contributed by atoms with van der Waals surface area (Å²) in [6.45, 7) is 0. The fraction of sp³-hybridized carbons (Fsp3) is 0.0417. The Morgan fingerprint density at radius 1 is 0.853 bits per heavy atom. The van der Waals surface area contributed by atoms with Crippen LogP contribution in [0.15, 0.2) is 72.8 Å². The Hall–Kier alpha value is -4.01. The van der Waals surface area contributed by atoms with Crippen LogP contribution in [0.25, 0.3) is 10.9 Å². The van der Waals surface area contributed by atoms with Crippen molar-refractivity contribution in [1.82, 2.24) is 4.68 Å². The third kappa shape index (κ3) is 4.68. The number of fused-ring (bicyclic) bond motifs is 1. The van der Waals surface area contributed by atoms with E-state index in [1.165, 1.54) is 17.9 Å². The summed E-state index contributed by atoms with van der Waals surface area (Å²) >= 11 is 12.1. The average molecular weight is 497 g/mol. The molecule has 0 fully saturated rings. The zero-order valence-electron chi connectivity index (χ0n) is 17.8. The predicted molar refractivity (Wildman–Crippen MR) is 132 cm³/mol. The van der Waals surface area contributed by atoms with E-state index in [1.807, 2.05) is 6.07 Å². The SMILES string of the molecule is COc1cccc2cc(C(=O)Nc3ccccc3)n(NC(=O)C(=O)Nc3cccc(Cl)c3Cl)c12. The van der Waals surface area contributed by atoms with Gasteiger partial charge in [-0.15, -0.1) is 0 Å². The Morgan fingerprint density at radius 3 is 2.32 bits per heavy atom. The molecule has 0 unspecified atom stereocenters. The molecule has 0 aliphatic carbocycles. The summed E-state index contributed by atoms with van der Waals surface area (Å²) in [4.78, 5) is 38.5. The van der Waals surface area contributed by atoms with Crippen molar-refractivity contribution in [2.24, 2.45) is 0 Å². The quantitative estimate of drug-likeness (QED) is 0.341. The summed E-state index contributed by atoms with van der Waals surface area (Å²) in [7, 11) is 1.46. The summed E-state index contributed by atoms with van der Waals surface area (Å²) in [5.41, 5.74) is 3.71. The number of aromatic nitrogens is 1. The highest BCUT2D eigenvalue weighted by Gasteiger charge is 2.23. The van der Waals surface area contributed by atoms with Crippen LogP contribution in [0, 0.1) is 0 Å². The first-order valence-corrected chi connectivity index (χ1v) is 10.8. The second-order valence-electron chi connectivity index (χ2n) is 7.08. The van der Waals surface area contributed by atoms with E-state index in [4.69, 9.17) is 27.9 Å². The van der Waals surface area contributed by atoms with Gasteiger partial charge in [0.05, 0.1) is 22.8 Å². The van der Waals surface area contributed by atoms with Crippen LogP contribution >= 0.6 is 23.2 Å². The predicted octanol–water partition coefficient (Wildman–Crippen LogP) is 4.92. The first-order valence-electron chi connectivity index (χ1n) is 10.00. The number of anilines is 2. The van der Waals surface area contributed by atoms with Crippen molar-refractivity contribution < 1.29 is 19.1 Å². The minimum atomic E-state index is -1.03. The van der Waals surface area contributed by atoms with Gasteiger partial charge in [0.25, 0.3) is 5.91 Å². The minimum Gasteiger partial charge on any atom is -0.494 e. The number of ether oxygens (including phenoxy) is 1. The van der Waals surface area contributed by atoms with Crippen LogP contribution in [-0.4, -0.2) is 29.5 Å². The molecule has 0 saturated carbocycles. The summed E-state index contributed by atoms with van der Waals surface area (Å²) in [6.07, 6.45) is 0. The van der Waals surface area contributed by atoms with Gasteiger partial charge in [0, 0.05) is 11.1 Å². The summed E-state index contributed by atoms with van der Waals surface area (Å²) in [6, 6.07) is 20.2. The Morgan fingerprint density at radius 2 is 1.59 bits per heavy atom. The fourth-order valence-electron chi connectivity index (χ4n) is 3.32. The summed E-state index contributed by atoms with van der Waals surface area (Å²) in [5, 5.41) is 6.13. The Kier molecular flexibility index (Phi) is 6.72. The van der Waals surface area contributed by atoms with Crippen LogP contribution < -0.4 is 20.8 Å². The molecule has 0 aliphatic rings. The Balaban J connectivity index is 1.67. The molecule has 1 aromatic heterocycles. The van der Waals surface area contributed by atoms with Gasteiger partial charge >= 0.3 is 11.8 Å². The van der Waals surface area contributed by atoms with Gasteiger partial charge in [0.15, 0.2) is 0 Å². The van der Waals surface area contributed by atoms with Crippen LogP contribution in [0.4, 0.5) is 11.4 Å². The van der Waals surface area contributed by atoms with Crippen molar-refractivity contribution in [2.75, 3.05) is 23.2 Å². The van der Waals surface area contributed by atoms with E-state index in [9.17, 15) is 14.4 Å². The molecule has 3 N–H and O–H groups in total. The molecule has 0 aliphatic heterocycles. The largest absolute Gasteiger partial charge is 0.494 e. The van der Waals surface area contributed by atoms with Crippen LogP contribution in [-0.2, 0) is 9.59 Å². The topological polar surface area (TPSA) is 101 Å². The van der Waals surface area contributed by atoms with Crippen molar-refractivity contribution >= 4 is 63.2 Å². The Bertz CT molecular complexity index is 1400. The number of carbonyl (C=O) groups excluding carboxylic acids is 3. The summed E-state index contributed by atoms with van der Waals surface area (Å²) < 4.78 is 6.63. The third-order valence-corrected chi connectivity index (χ3v) is 5.71. The van der Waals surface area contributed by atoms with E-state index in [0.29, 0.717) is 22.3 Å². The maximum atomic E-state index is 13.1. The molecular weight excluding hydrogens is 479 g/mol. The van der Waals surface area contributed by atoms with E-state index < -0.39 is 17.7 Å². The number of nitrogens with one attached hydrogen (secondary N) is 3. The van der Waals surface area contributed by atoms with Crippen LogP contribution in [0.2, 0.25) is 10.0 Å². The monoisotopic (exact) mass is 496 g/mol. The zero-order chi connectivity index (χ0) is 24.2. The lowest BCUT2D eigenvalue weighted by Gasteiger charge is -2.14. The number of rotatable bonds is 5. The van der Waals surface area contributed by atoms with Crippen molar-refractivity contribution in [3.8, 4) is 5.75 Å². The average Bonchev–Trinajstić information content (AvgIpc) is 3.21. The molecule has 0 bridgehead atoms. The lowest BCUT2D eigenvalue weighted by Crippen LogP contribution is -2.36. The molecule has 4 aromatic rings. The number of amides is 3. The Labute approximate surface area is 204 Å². The highest BCUT2D eigenvalue weighted by molar-refractivity contribution is 6.46. The smallest absolute Gasteiger partial charge is 0.328 e. The van der Waals surface area contributed by atoms with Gasteiger partial charge in [0.1, 0.15) is 17.0 Å². The van der Waals surface area contributed by atoms with Gasteiger partial charge < -0.3 is 15.4 Å². The second-order valence-corrected chi connectivity index (χ2v) is 7.86. The minimum absolute atomic E-state index is 0.0882. The molecule has 172 valence electrons. The van der Waals surface area contributed by atoms with Crippen LogP contribution in [0.3, 0.4) is 0 Å². The molecule has 4 rings (SSSR count). The number of para-hydroxylation sites is 2. The zero-order valence-corrected chi connectivity index (χ0v) is 19.3. The van der Waals surface area contributed by atoms with Crippen LogP contribution in [0.1, 0.15) is 10.5 Å². The highest BCUT2D eigenvalue weighted by Crippen LogP contribution is 2.30. The van der Waals surface area contributed by atoms with E-state index in [0.717, 1.165) is 0 Å². The molecule has 1 heterocycles. The van der Waals surface area contributed by atoms with Crippen molar-refractivity contribution in [2.45, 2.75) is 0 Å². The molecule has 34 heavy (non-hydrogen) atoms. The van der Waals surface area contributed by atoms with Crippen molar-refractivity contribution in [3.63, 3.8) is 0 Å². The number of methoxy groups -OCH3 is 1. The highest BCUT2D eigenvalue weighted by atomic mass is 35.5. The molecular formula is C24H18Cl2N4O4. The maximum Gasteiger partial charge on any atom is 0.328 e. The lowest BCUT2D eigenvalue weighted by molar-refractivity contribution is -0.133. The number of benzene rings is 3. The molecule has 0 atom stereocenters. The number of hydrogen-bond acceptors (Lipinski definition) is 4. The first-order chi connectivity index (χ1) is 16.4. The first kappa shape index (κ1) is 23.2. The molecule has 0 spiro atoms. The van der Waals surface area contributed by atoms with Gasteiger partial charge in [-0.1, -0.05) is 59.6 Å². The van der Waals surface area contributed by atoms with E-state index in [-0.39, 0.29) is 21.4 Å².